The molecule has 1 N–H and O–H groups in total. The van der Waals surface area contributed by atoms with Crippen LogP contribution in [0.1, 0.15) is 18.4 Å². The number of carbonyl (C=O) groups excluding carboxylic acids is 2. The lowest BCUT2D eigenvalue weighted by atomic mass is 9.97. The van der Waals surface area contributed by atoms with Gasteiger partial charge < -0.3 is 15.0 Å². The summed E-state index contributed by atoms with van der Waals surface area (Å²) in [5.74, 6) is 0.276. The molecule has 27 heavy (non-hydrogen) atoms. The number of hydrogen-bond donors (Lipinski definition) is 1. The Kier molecular flexibility index (Phi) is 6.35. The highest BCUT2D eigenvalue weighted by Gasteiger charge is 2.28. The van der Waals surface area contributed by atoms with Crippen molar-refractivity contribution in [1.82, 2.24) is 4.90 Å². The predicted octanol–water partition coefficient (Wildman–Crippen LogP) is 3.90. The number of nitrogens with one attached hydrogen (secondary N) is 1. The van der Waals surface area contributed by atoms with Crippen molar-refractivity contribution in [3.05, 3.63) is 59.1 Å². The second-order valence-corrected chi connectivity index (χ2v) is 7.17. The van der Waals surface area contributed by atoms with Crippen molar-refractivity contribution in [2.45, 2.75) is 19.8 Å². The molecule has 1 aliphatic rings. The Bertz CT molecular complexity index is 810. The maximum Gasteiger partial charge on any atom is 0.260 e. The van der Waals surface area contributed by atoms with E-state index in [9.17, 15) is 9.59 Å². The van der Waals surface area contributed by atoms with Crippen LogP contribution in [0, 0.1) is 12.8 Å². The third-order valence-corrected chi connectivity index (χ3v) is 4.91. The zero-order valence-corrected chi connectivity index (χ0v) is 16.0. The van der Waals surface area contributed by atoms with E-state index in [1.807, 2.05) is 37.3 Å². The Balaban J connectivity index is 1.53. The number of amides is 2. The van der Waals surface area contributed by atoms with Gasteiger partial charge in [0.25, 0.3) is 5.91 Å². The van der Waals surface area contributed by atoms with Crippen LogP contribution in [0.2, 0.25) is 5.02 Å². The van der Waals surface area contributed by atoms with Crippen LogP contribution in [0.25, 0.3) is 0 Å². The molecule has 1 aliphatic heterocycles. The normalized spacial score (nSPS) is 16.7. The van der Waals surface area contributed by atoms with Gasteiger partial charge in [0.1, 0.15) is 5.75 Å². The molecule has 2 amide bonds. The van der Waals surface area contributed by atoms with Gasteiger partial charge in [0.15, 0.2) is 6.61 Å². The van der Waals surface area contributed by atoms with E-state index in [-0.39, 0.29) is 24.3 Å². The van der Waals surface area contributed by atoms with E-state index in [0.717, 1.165) is 24.1 Å². The number of benzene rings is 2. The Labute approximate surface area is 164 Å². The molecule has 0 aliphatic carbocycles. The first-order valence-electron chi connectivity index (χ1n) is 9.05. The summed E-state index contributed by atoms with van der Waals surface area (Å²) in [4.78, 5) is 26.7. The van der Waals surface area contributed by atoms with Crippen molar-refractivity contribution in [2.24, 2.45) is 5.92 Å². The van der Waals surface area contributed by atoms with Gasteiger partial charge in [0, 0.05) is 23.8 Å². The summed E-state index contributed by atoms with van der Waals surface area (Å²) >= 11 is 5.94. The number of carbonyl (C=O) groups is 2. The average Bonchev–Trinajstić information content (AvgIpc) is 2.68. The highest BCUT2D eigenvalue weighted by molar-refractivity contribution is 6.30. The fraction of sp³-hybridized carbons (Fsp3) is 0.333. The van der Waals surface area contributed by atoms with Gasteiger partial charge in [-0.3, -0.25) is 9.59 Å². The fourth-order valence-electron chi connectivity index (χ4n) is 3.19. The molecule has 2 aromatic carbocycles. The number of nitrogens with zero attached hydrogens (tertiary/aromatic N) is 1. The first-order chi connectivity index (χ1) is 13.0. The van der Waals surface area contributed by atoms with Gasteiger partial charge in [0.2, 0.25) is 5.91 Å². The Morgan fingerprint density at radius 3 is 2.74 bits per heavy atom. The van der Waals surface area contributed by atoms with Crippen molar-refractivity contribution in [3.63, 3.8) is 0 Å². The quantitative estimate of drug-likeness (QED) is 0.847. The van der Waals surface area contributed by atoms with Crippen molar-refractivity contribution < 1.29 is 14.3 Å². The molecule has 0 saturated carbocycles. The number of piperidine rings is 1. The van der Waals surface area contributed by atoms with E-state index in [2.05, 4.69) is 5.32 Å². The van der Waals surface area contributed by atoms with Gasteiger partial charge >= 0.3 is 0 Å². The number of likely N-dealkylation sites (tertiary alicyclic amines) is 1. The van der Waals surface area contributed by atoms with E-state index in [1.165, 1.54) is 0 Å². The van der Waals surface area contributed by atoms with Gasteiger partial charge in [0.05, 0.1) is 5.92 Å². The number of halogens is 1. The van der Waals surface area contributed by atoms with E-state index < -0.39 is 0 Å². The number of anilines is 1. The summed E-state index contributed by atoms with van der Waals surface area (Å²) in [6.45, 7) is 2.91. The molecular formula is C21H23ClN2O3. The summed E-state index contributed by atoms with van der Waals surface area (Å²) in [5, 5.41) is 3.55. The Morgan fingerprint density at radius 1 is 1.22 bits per heavy atom. The number of rotatable bonds is 5. The summed E-state index contributed by atoms with van der Waals surface area (Å²) in [7, 11) is 0. The minimum Gasteiger partial charge on any atom is -0.483 e. The lowest BCUT2D eigenvalue weighted by molar-refractivity contribution is -0.136. The molecule has 1 atom stereocenters. The Morgan fingerprint density at radius 2 is 2.00 bits per heavy atom. The number of para-hydroxylation sites is 1. The standard InChI is InChI=1S/C21H23ClN2O3/c1-15-12-17(22)9-10-19(15)27-14-20(25)24-11-5-6-16(13-24)21(26)23-18-7-3-2-4-8-18/h2-4,7-10,12,16H,5-6,11,13-14H2,1H3,(H,23,26)/t16-/m1/s1. The molecular weight excluding hydrogens is 364 g/mol. The van der Waals surface area contributed by atoms with Crippen molar-refractivity contribution in [2.75, 3.05) is 25.0 Å². The minimum absolute atomic E-state index is 0.0461. The van der Waals surface area contributed by atoms with E-state index in [1.54, 1.807) is 23.1 Å². The first kappa shape index (κ1) is 19.2. The van der Waals surface area contributed by atoms with Crippen molar-refractivity contribution in [1.29, 1.82) is 0 Å². The number of ether oxygens (including phenoxy) is 1. The second kappa shape index (κ2) is 8.91. The Hall–Kier alpha value is -2.53. The lowest BCUT2D eigenvalue weighted by Gasteiger charge is -2.32. The third-order valence-electron chi connectivity index (χ3n) is 4.67. The molecule has 142 valence electrons. The highest BCUT2D eigenvalue weighted by Crippen LogP contribution is 2.23. The molecule has 0 spiro atoms. The molecule has 0 unspecified atom stereocenters. The zero-order chi connectivity index (χ0) is 19.2. The summed E-state index contributed by atoms with van der Waals surface area (Å²) < 4.78 is 5.65. The van der Waals surface area contributed by atoms with Gasteiger partial charge in [-0.15, -0.1) is 0 Å². The smallest absolute Gasteiger partial charge is 0.260 e. The molecule has 0 aromatic heterocycles. The number of aryl methyl sites for hydroxylation is 1. The van der Waals surface area contributed by atoms with E-state index >= 15 is 0 Å². The van der Waals surface area contributed by atoms with Crippen LogP contribution in [-0.2, 0) is 9.59 Å². The van der Waals surface area contributed by atoms with Gasteiger partial charge in [-0.2, -0.15) is 0 Å². The molecule has 1 saturated heterocycles. The SMILES string of the molecule is Cc1cc(Cl)ccc1OCC(=O)N1CCC[C@@H](C(=O)Nc2ccccc2)C1. The van der Waals surface area contributed by atoms with Crippen LogP contribution in [0.4, 0.5) is 5.69 Å². The molecule has 1 heterocycles. The highest BCUT2D eigenvalue weighted by atomic mass is 35.5. The molecule has 2 aromatic rings. The molecule has 3 rings (SSSR count). The van der Waals surface area contributed by atoms with Crippen LogP contribution in [0.5, 0.6) is 5.75 Å². The van der Waals surface area contributed by atoms with Gasteiger partial charge in [-0.05, 0) is 55.7 Å². The van der Waals surface area contributed by atoms with Crippen LogP contribution in [0.15, 0.2) is 48.5 Å². The van der Waals surface area contributed by atoms with Crippen LogP contribution >= 0.6 is 11.6 Å². The maximum atomic E-state index is 12.5. The predicted molar refractivity (Wildman–Crippen MR) is 106 cm³/mol. The van der Waals surface area contributed by atoms with Gasteiger partial charge in [-0.1, -0.05) is 29.8 Å². The monoisotopic (exact) mass is 386 g/mol. The summed E-state index contributed by atoms with van der Waals surface area (Å²) in [5.41, 5.74) is 1.65. The molecule has 5 nitrogen and oxygen atoms in total. The van der Waals surface area contributed by atoms with Crippen molar-refractivity contribution in [3.8, 4) is 5.75 Å². The third kappa shape index (κ3) is 5.23. The van der Waals surface area contributed by atoms with Gasteiger partial charge in [-0.25, -0.2) is 0 Å². The number of hydrogen-bond acceptors (Lipinski definition) is 3. The molecule has 0 bridgehead atoms. The molecule has 6 heteroatoms. The average molecular weight is 387 g/mol. The van der Waals surface area contributed by atoms with Crippen LogP contribution < -0.4 is 10.1 Å². The van der Waals surface area contributed by atoms with Crippen LogP contribution in [-0.4, -0.2) is 36.4 Å². The van der Waals surface area contributed by atoms with Crippen LogP contribution in [0.3, 0.4) is 0 Å². The molecule has 1 fully saturated rings. The van der Waals surface area contributed by atoms with E-state index in [0.29, 0.717) is 23.9 Å². The summed E-state index contributed by atoms with van der Waals surface area (Å²) in [6.07, 6.45) is 1.58. The minimum atomic E-state index is -0.208. The lowest BCUT2D eigenvalue weighted by Crippen LogP contribution is -2.45. The first-order valence-corrected chi connectivity index (χ1v) is 9.43. The zero-order valence-electron chi connectivity index (χ0n) is 15.3. The largest absolute Gasteiger partial charge is 0.483 e. The second-order valence-electron chi connectivity index (χ2n) is 6.73. The van der Waals surface area contributed by atoms with E-state index in [4.69, 9.17) is 16.3 Å². The van der Waals surface area contributed by atoms with Crippen molar-refractivity contribution >= 4 is 29.1 Å². The molecule has 0 radical (unpaired) electrons. The topological polar surface area (TPSA) is 58.6 Å². The fourth-order valence-corrected chi connectivity index (χ4v) is 3.42. The maximum absolute atomic E-state index is 12.5. The summed E-state index contributed by atoms with van der Waals surface area (Å²) in [6, 6.07) is 14.7.